The molecular weight excluding hydrogens is 430 g/mol. The van der Waals surface area contributed by atoms with Crippen molar-refractivity contribution in [2.24, 2.45) is 0 Å². The zero-order chi connectivity index (χ0) is 24.5. The van der Waals surface area contributed by atoms with E-state index in [1.54, 1.807) is 0 Å². The number of imidazole rings is 1. The van der Waals surface area contributed by atoms with E-state index < -0.39 is 0 Å². The van der Waals surface area contributed by atoms with Gasteiger partial charge in [-0.05, 0) is 68.1 Å². The Labute approximate surface area is 200 Å². The zero-order valence-electron chi connectivity index (χ0n) is 19.7. The lowest BCUT2D eigenvalue weighted by Gasteiger charge is -2.08. The van der Waals surface area contributed by atoms with Crippen LogP contribution in [0.25, 0.3) is 0 Å². The van der Waals surface area contributed by atoms with E-state index in [0.717, 1.165) is 24.5 Å². The number of rotatable bonds is 10. The number of nitrogen functional groups attached to an aromatic ring is 1. The highest BCUT2D eigenvalue weighted by molar-refractivity contribution is 6.10. The molecule has 6 N–H and O–H groups in total. The van der Waals surface area contributed by atoms with Crippen molar-refractivity contribution in [1.82, 2.24) is 15.3 Å². The molecule has 34 heavy (non-hydrogen) atoms. The Hall–Kier alpha value is -3.78. The highest BCUT2D eigenvalue weighted by atomic mass is 16.5. The monoisotopic (exact) mass is 463 g/mol. The predicted molar refractivity (Wildman–Crippen MR) is 136 cm³/mol. The Morgan fingerprint density at radius 3 is 2.62 bits per heavy atom. The molecule has 4 rings (SSSR count). The number of hydrogen-bond donors (Lipinski definition) is 5. The number of H-pyrrole nitrogens is 1. The van der Waals surface area contributed by atoms with Gasteiger partial charge in [0.1, 0.15) is 18.1 Å². The molecule has 8 nitrogen and oxygen atoms in total. The molecule has 1 aliphatic rings. The zero-order valence-corrected chi connectivity index (χ0v) is 19.7. The number of allylic oxidation sites excluding steroid dienone is 1. The minimum atomic E-state index is -0.153. The molecule has 0 atom stereocenters. The smallest absolute Gasteiger partial charge is 0.213 e. The third-order valence-electron chi connectivity index (χ3n) is 5.07. The van der Waals surface area contributed by atoms with Gasteiger partial charge in [0.15, 0.2) is 5.82 Å². The maximum Gasteiger partial charge on any atom is 0.213 e. The first-order valence-electron chi connectivity index (χ1n) is 11.4. The SMILES string of the molecule is C=C(C)O.CCNCCOc1ccc(Nc2nc(N)c(C(=O)c3cccc(C4CC4)c3)[nH]2)cc1. The molecule has 1 heterocycles. The van der Waals surface area contributed by atoms with E-state index in [2.05, 4.69) is 40.2 Å². The number of carbonyl (C=O) groups is 1. The van der Waals surface area contributed by atoms with Crippen LogP contribution in [0.1, 0.15) is 54.2 Å². The number of benzene rings is 2. The standard InChI is InChI=1S/C23H27N5O2.C3H6O/c1-2-25-12-13-30-19-10-8-18(9-11-19)26-23-27-20(22(24)28-23)21(29)17-5-3-4-16(14-17)15-6-7-15;1-3(2)4/h3-5,8-11,14-15,25H,2,6-7,12-13,24H2,1H3,(H2,26,27,28);4H,1H2,2H3. The van der Waals surface area contributed by atoms with E-state index in [9.17, 15) is 4.79 Å². The molecular formula is C26H33N5O3. The van der Waals surface area contributed by atoms with Crippen molar-refractivity contribution in [3.8, 4) is 5.75 Å². The summed E-state index contributed by atoms with van der Waals surface area (Å²) in [5, 5.41) is 14.2. The summed E-state index contributed by atoms with van der Waals surface area (Å²) in [7, 11) is 0. The number of aliphatic hydroxyl groups excluding tert-OH is 1. The van der Waals surface area contributed by atoms with Crippen molar-refractivity contribution in [2.75, 3.05) is 30.7 Å². The Kier molecular flexibility index (Phi) is 8.70. The van der Waals surface area contributed by atoms with Gasteiger partial charge in [-0.25, -0.2) is 0 Å². The van der Waals surface area contributed by atoms with Crippen molar-refractivity contribution in [1.29, 1.82) is 0 Å². The van der Waals surface area contributed by atoms with E-state index in [1.807, 2.05) is 42.5 Å². The fraction of sp³-hybridized carbons (Fsp3) is 0.308. The van der Waals surface area contributed by atoms with Gasteiger partial charge in [-0.3, -0.25) is 4.79 Å². The number of aromatic nitrogens is 2. The van der Waals surface area contributed by atoms with E-state index in [4.69, 9.17) is 15.6 Å². The van der Waals surface area contributed by atoms with E-state index in [-0.39, 0.29) is 17.4 Å². The number of likely N-dealkylation sites (N-methyl/N-ethyl adjacent to an activating group) is 1. The Morgan fingerprint density at radius 1 is 1.26 bits per heavy atom. The van der Waals surface area contributed by atoms with Crippen molar-refractivity contribution < 1.29 is 14.6 Å². The van der Waals surface area contributed by atoms with Gasteiger partial charge >= 0.3 is 0 Å². The maximum atomic E-state index is 12.9. The molecule has 2 aromatic carbocycles. The molecule has 0 spiro atoms. The summed E-state index contributed by atoms with van der Waals surface area (Å²) in [6.07, 6.45) is 2.38. The first-order valence-corrected chi connectivity index (χ1v) is 11.4. The third kappa shape index (κ3) is 7.38. The first kappa shape index (κ1) is 24.9. The molecule has 1 aromatic heterocycles. The van der Waals surface area contributed by atoms with Gasteiger partial charge in [0, 0.05) is 17.8 Å². The van der Waals surface area contributed by atoms with Crippen molar-refractivity contribution in [3.63, 3.8) is 0 Å². The second-order valence-electron chi connectivity index (χ2n) is 8.16. The van der Waals surface area contributed by atoms with Crippen LogP contribution in [0.5, 0.6) is 5.75 Å². The van der Waals surface area contributed by atoms with Crippen LogP contribution in [0.3, 0.4) is 0 Å². The number of carbonyl (C=O) groups excluding carboxylic acids is 1. The minimum absolute atomic E-state index is 0.153. The molecule has 0 saturated heterocycles. The Bertz CT molecular complexity index is 1100. The molecule has 0 radical (unpaired) electrons. The largest absolute Gasteiger partial charge is 0.513 e. The van der Waals surface area contributed by atoms with Crippen LogP contribution in [0.2, 0.25) is 0 Å². The Morgan fingerprint density at radius 2 is 1.97 bits per heavy atom. The number of aliphatic hydroxyl groups is 1. The second kappa shape index (κ2) is 11.9. The van der Waals surface area contributed by atoms with Crippen LogP contribution >= 0.6 is 0 Å². The second-order valence-corrected chi connectivity index (χ2v) is 8.16. The highest BCUT2D eigenvalue weighted by Gasteiger charge is 2.25. The number of nitrogens with two attached hydrogens (primary N) is 1. The Balaban J connectivity index is 0.000000751. The van der Waals surface area contributed by atoms with Gasteiger partial charge in [-0.1, -0.05) is 31.7 Å². The lowest BCUT2D eigenvalue weighted by Crippen LogP contribution is -2.20. The third-order valence-corrected chi connectivity index (χ3v) is 5.07. The molecule has 1 saturated carbocycles. The normalized spacial score (nSPS) is 12.4. The van der Waals surface area contributed by atoms with Gasteiger partial charge < -0.3 is 31.2 Å². The topological polar surface area (TPSA) is 125 Å². The predicted octanol–water partition coefficient (Wildman–Crippen LogP) is 4.91. The highest BCUT2D eigenvalue weighted by Crippen LogP contribution is 2.40. The van der Waals surface area contributed by atoms with E-state index in [1.165, 1.54) is 25.3 Å². The maximum absolute atomic E-state index is 12.9. The van der Waals surface area contributed by atoms with Crippen molar-refractivity contribution >= 4 is 23.2 Å². The van der Waals surface area contributed by atoms with Crippen LogP contribution in [0.4, 0.5) is 17.5 Å². The van der Waals surface area contributed by atoms with E-state index >= 15 is 0 Å². The van der Waals surface area contributed by atoms with Crippen molar-refractivity contribution in [3.05, 3.63) is 77.7 Å². The summed E-state index contributed by atoms with van der Waals surface area (Å²) in [4.78, 5) is 20.2. The molecule has 0 aliphatic heterocycles. The molecule has 3 aromatic rings. The van der Waals surface area contributed by atoms with Crippen LogP contribution in [0, 0.1) is 0 Å². The first-order chi connectivity index (χ1) is 16.4. The molecule has 180 valence electrons. The van der Waals surface area contributed by atoms with Gasteiger partial charge in [-0.2, -0.15) is 4.98 Å². The van der Waals surface area contributed by atoms with Gasteiger partial charge in [0.25, 0.3) is 0 Å². The lowest BCUT2D eigenvalue weighted by molar-refractivity contribution is 0.103. The molecule has 8 heteroatoms. The van der Waals surface area contributed by atoms with Crippen LogP contribution in [0.15, 0.2) is 60.9 Å². The van der Waals surface area contributed by atoms with Gasteiger partial charge in [-0.15, -0.1) is 0 Å². The van der Waals surface area contributed by atoms with E-state index in [0.29, 0.717) is 29.7 Å². The molecule has 1 fully saturated rings. The fourth-order valence-electron chi connectivity index (χ4n) is 3.30. The number of anilines is 3. The molecule has 1 aliphatic carbocycles. The average Bonchev–Trinajstić information content (AvgIpc) is 3.60. The number of nitrogens with zero attached hydrogens (tertiary/aromatic N) is 1. The molecule has 0 amide bonds. The number of nitrogens with one attached hydrogen (secondary N) is 3. The fourth-order valence-corrected chi connectivity index (χ4v) is 3.30. The number of aromatic amines is 1. The van der Waals surface area contributed by atoms with Gasteiger partial charge in [0.05, 0.1) is 5.76 Å². The number of ketones is 1. The van der Waals surface area contributed by atoms with Gasteiger partial charge in [0.2, 0.25) is 11.7 Å². The molecule has 0 unspecified atom stereocenters. The lowest BCUT2D eigenvalue weighted by atomic mass is 10.0. The van der Waals surface area contributed by atoms with Crippen LogP contribution in [-0.2, 0) is 0 Å². The quantitative estimate of drug-likeness (QED) is 0.164. The number of ether oxygens (including phenoxy) is 1. The molecule has 0 bridgehead atoms. The van der Waals surface area contributed by atoms with Crippen molar-refractivity contribution in [2.45, 2.75) is 32.6 Å². The summed E-state index contributed by atoms with van der Waals surface area (Å²) in [5.74, 6) is 2.01. The summed E-state index contributed by atoms with van der Waals surface area (Å²) >= 11 is 0. The summed E-state index contributed by atoms with van der Waals surface area (Å²) < 4.78 is 5.67. The summed E-state index contributed by atoms with van der Waals surface area (Å²) in [5.41, 5.74) is 8.97. The minimum Gasteiger partial charge on any atom is -0.513 e. The van der Waals surface area contributed by atoms with Crippen LogP contribution < -0.4 is 21.1 Å². The number of hydrogen-bond acceptors (Lipinski definition) is 7. The summed E-state index contributed by atoms with van der Waals surface area (Å²) in [6, 6.07) is 15.3. The summed E-state index contributed by atoms with van der Waals surface area (Å²) in [6.45, 7) is 9.05. The average molecular weight is 464 g/mol. The van der Waals surface area contributed by atoms with Crippen LogP contribution in [-0.4, -0.2) is 40.6 Å².